The smallest absolute Gasteiger partial charge is 0.181 e. The van der Waals surface area contributed by atoms with Gasteiger partial charge in [-0.2, -0.15) is 0 Å². The zero-order valence-electron chi connectivity index (χ0n) is 12.5. The second kappa shape index (κ2) is 9.13. The number of aromatic nitrogens is 1. The summed E-state index contributed by atoms with van der Waals surface area (Å²) in [5.41, 5.74) is 2.82. The van der Waals surface area contributed by atoms with E-state index >= 15 is 0 Å². The van der Waals surface area contributed by atoms with E-state index in [1.54, 1.807) is 0 Å². The number of hydrogen-bond donors (Lipinski definition) is 0. The van der Waals surface area contributed by atoms with Gasteiger partial charge >= 0.3 is 0 Å². The van der Waals surface area contributed by atoms with Crippen molar-refractivity contribution >= 4 is 0 Å². The number of pyridine rings is 1. The summed E-state index contributed by atoms with van der Waals surface area (Å²) in [4.78, 5) is 0. The van der Waals surface area contributed by atoms with Crippen molar-refractivity contribution in [2.45, 2.75) is 78.7 Å². The Labute approximate surface area is 113 Å². The van der Waals surface area contributed by atoms with Crippen molar-refractivity contribution < 1.29 is 4.57 Å². The molecule has 1 nitrogen and oxygen atoms in total. The Morgan fingerprint density at radius 1 is 0.889 bits per heavy atom. The lowest BCUT2D eigenvalue weighted by Gasteiger charge is -2.03. The Hall–Kier alpha value is -0.850. The van der Waals surface area contributed by atoms with E-state index in [2.05, 4.69) is 43.7 Å². The van der Waals surface area contributed by atoms with Crippen LogP contribution in [-0.2, 0) is 6.54 Å². The molecule has 18 heavy (non-hydrogen) atoms. The highest BCUT2D eigenvalue weighted by molar-refractivity contribution is 5.11. The molecule has 1 aromatic rings. The zero-order valence-corrected chi connectivity index (χ0v) is 12.5. The lowest BCUT2D eigenvalue weighted by molar-refractivity contribution is -0.703. The molecule has 0 radical (unpaired) electrons. The van der Waals surface area contributed by atoms with Gasteiger partial charge in [0.1, 0.15) is 6.54 Å². The predicted octanol–water partition coefficient (Wildman–Crippen LogP) is 4.73. The van der Waals surface area contributed by atoms with Crippen LogP contribution in [0, 0.1) is 13.8 Å². The second-order valence-electron chi connectivity index (χ2n) is 5.44. The van der Waals surface area contributed by atoms with E-state index in [0.29, 0.717) is 0 Å². The zero-order chi connectivity index (χ0) is 13.2. The van der Waals surface area contributed by atoms with Crippen LogP contribution in [0.5, 0.6) is 0 Å². The van der Waals surface area contributed by atoms with Crippen molar-refractivity contribution in [2.24, 2.45) is 0 Å². The molecule has 0 saturated carbocycles. The molecule has 0 aliphatic rings. The topological polar surface area (TPSA) is 3.88 Å². The van der Waals surface area contributed by atoms with E-state index in [1.807, 2.05) is 0 Å². The summed E-state index contributed by atoms with van der Waals surface area (Å²) in [5.74, 6) is 0. The molecule has 0 unspecified atom stereocenters. The molecule has 0 saturated heterocycles. The van der Waals surface area contributed by atoms with E-state index in [-0.39, 0.29) is 0 Å². The number of hydrogen-bond acceptors (Lipinski definition) is 0. The largest absolute Gasteiger partial charge is 0.202 e. The van der Waals surface area contributed by atoms with Gasteiger partial charge in [0.05, 0.1) is 0 Å². The molecule has 0 bridgehead atoms. The highest BCUT2D eigenvalue weighted by Gasteiger charge is 2.06. The standard InChI is InChI=1S/C17H30N/c1-4-5-6-7-8-9-10-11-14-18-15-12-13-16(2)17(18)3/h12-13,15H,4-11,14H2,1-3H3/q+1. The van der Waals surface area contributed by atoms with Crippen LogP contribution in [0.3, 0.4) is 0 Å². The fourth-order valence-electron chi connectivity index (χ4n) is 2.41. The number of nitrogens with zero attached hydrogens (tertiary/aromatic N) is 1. The average Bonchev–Trinajstić information content (AvgIpc) is 2.37. The van der Waals surface area contributed by atoms with Crippen molar-refractivity contribution in [3.05, 3.63) is 29.6 Å². The van der Waals surface area contributed by atoms with E-state index in [1.165, 1.54) is 69.2 Å². The van der Waals surface area contributed by atoms with Crippen LogP contribution in [0.4, 0.5) is 0 Å². The van der Waals surface area contributed by atoms with Gasteiger partial charge in [-0.3, -0.25) is 0 Å². The van der Waals surface area contributed by atoms with Crippen LogP contribution < -0.4 is 4.57 Å². The first kappa shape index (κ1) is 15.2. The molecule has 0 atom stereocenters. The van der Waals surface area contributed by atoms with Gasteiger partial charge in [-0.1, -0.05) is 45.4 Å². The van der Waals surface area contributed by atoms with Gasteiger partial charge in [-0.05, 0) is 19.4 Å². The Morgan fingerprint density at radius 2 is 1.50 bits per heavy atom. The van der Waals surface area contributed by atoms with E-state index in [0.717, 1.165) is 0 Å². The van der Waals surface area contributed by atoms with Gasteiger partial charge in [-0.15, -0.1) is 0 Å². The van der Waals surface area contributed by atoms with E-state index in [9.17, 15) is 0 Å². The maximum Gasteiger partial charge on any atom is 0.181 e. The Balaban J connectivity index is 2.09. The van der Waals surface area contributed by atoms with Gasteiger partial charge in [-0.25, -0.2) is 4.57 Å². The molecule has 1 heteroatoms. The molecule has 0 aliphatic carbocycles. The highest BCUT2D eigenvalue weighted by Crippen LogP contribution is 2.08. The lowest BCUT2D eigenvalue weighted by Crippen LogP contribution is -2.37. The maximum absolute atomic E-state index is 2.40. The summed E-state index contributed by atoms with van der Waals surface area (Å²) in [6, 6.07) is 4.35. The van der Waals surface area contributed by atoms with Crippen LogP contribution in [0.25, 0.3) is 0 Å². The molecule has 0 spiro atoms. The number of rotatable bonds is 9. The van der Waals surface area contributed by atoms with Crippen molar-refractivity contribution in [3.63, 3.8) is 0 Å². The highest BCUT2D eigenvalue weighted by atomic mass is 14.9. The molecule has 0 amide bonds. The lowest BCUT2D eigenvalue weighted by atomic mass is 10.1. The van der Waals surface area contributed by atoms with Crippen LogP contribution in [0.2, 0.25) is 0 Å². The molecule has 0 aliphatic heterocycles. The monoisotopic (exact) mass is 248 g/mol. The molecule has 1 rings (SSSR count). The molecule has 0 fully saturated rings. The minimum Gasteiger partial charge on any atom is -0.202 e. The second-order valence-corrected chi connectivity index (χ2v) is 5.44. The molecule has 1 heterocycles. The quantitative estimate of drug-likeness (QED) is 0.439. The average molecular weight is 248 g/mol. The predicted molar refractivity (Wildman–Crippen MR) is 78.7 cm³/mol. The van der Waals surface area contributed by atoms with E-state index in [4.69, 9.17) is 0 Å². The summed E-state index contributed by atoms with van der Waals surface area (Å²) in [6.07, 6.45) is 13.4. The van der Waals surface area contributed by atoms with Crippen molar-refractivity contribution in [1.82, 2.24) is 0 Å². The fourth-order valence-corrected chi connectivity index (χ4v) is 2.41. The SMILES string of the molecule is CCCCCCCCCC[n+]1cccc(C)c1C. The third kappa shape index (κ3) is 5.66. The van der Waals surface area contributed by atoms with Crippen molar-refractivity contribution in [2.75, 3.05) is 0 Å². The van der Waals surface area contributed by atoms with Gasteiger partial charge in [0.2, 0.25) is 0 Å². The van der Waals surface area contributed by atoms with Crippen LogP contribution in [0.15, 0.2) is 18.3 Å². The summed E-state index contributed by atoms with van der Waals surface area (Å²) >= 11 is 0. The van der Waals surface area contributed by atoms with Crippen LogP contribution in [0.1, 0.15) is 69.5 Å². The maximum atomic E-state index is 2.40. The van der Waals surface area contributed by atoms with Crippen molar-refractivity contribution in [3.8, 4) is 0 Å². The summed E-state index contributed by atoms with van der Waals surface area (Å²) in [7, 11) is 0. The van der Waals surface area contributed by atoms with E-state index < -0.39 is 0 Å². The summed E-state index contributed by atoms with van der Waals surface area (Å²) < 4.78 is 2.40. The van der Waals surface area contributed by atoms with Crippen molar-refractivity contribution in [1.29, 1.82) is 0 Å². The third-order valence-corrected chi connectivity index (χ3v) is 3.87. The fraction of sp³-hybridized carbons (Fsp3) is 0.706. The minimum atomic E-state index is 1.18. The van der Waals surface area contributed by atoms with Gasteiger partial charge in [0.25, 0.3) is 0 Å². The Morgan fingerprint density at radius 3 is 2.17 bits per heavy atom. The van der Waals surface area contributed by atoms with Gasteiger partial charge in [0, 0.05) is 25.0 Å². The Bertz CT molecular complexity index is 330. The van der Waals surface area contributed by atoms with Gasteiger partial charge in [0.15, 0.2) is 11.9 Å². The van der Waals surface area contributed by atoms with Crippen LogP contribution in [-0.4, -0.2) is 0 Å². The third-order valence-electron chi connectivity index (χ3n) is 3.87. The minimum absolute atomic E-state index is 1.18. The number of aryl methyl sites for hydroxylation is 2. The molecular weight excluding hydrogens is 218 g/mol. The first-order chi connectivity index (χ1) is 8.75. The Kier molecular flexibility index (Phi) is 7.71. The molecule has 0 aromatic carbocycles. The first-order valence-electron chi connectivity index (χ1n) is 7.71. The first-order valence-corrected chi connectivity index (χ1v) is 7.71. The van der Waals surface area contributed by atoms with Gasteiger partial charge < -0.3 is 0 Å². The normalized spacial score (nSPS) is 10.8. The molecule has 102 valence electrons. The summed E-state index contributed by atoms with van der Waals surface area (Å²) in [5, 5.41) is 0. The summed E-state index contributed by atoms with van der Waals surface area (Å²) in [6.45, 7) is 7.88. The molecule has 0 N–H and O–H groups in total. The molecular formula is C17H30N+. The number of unbranched alkanes of at least 4 members (excludes halogenated alkanes) is 7. The van der Waals surface area contributed by atoms with Crippen LogP contribution >= 0.6 is 0 Å². The molecule has 1 aromatic heterocycles.